The Morgan fingerprint density at radius 2 is 2.00 bits per heavy atom. The molecule has 2 nitrogen and oxygen atoms in total. The summed E-state index contributed by atoms with van der Waals surface area (Å²) >= 11 is 1.50. The number of rotatable bonds is 5. The smallest absolute Gasteiger partial charge is 0.0572 e. The second-order valence-corrected chi connectivity index (χ2v) is 2.94. The summed E-state index contributed by atoms with van der Waals surface area (Å²) in [5.41, 5.74) is 0. The molecule has 0 fully saturated rings. The number of hydrogen-bond donors (Lipinski definition) is 2. The number of aliphatic hydroxyl groups is 2. The summed E-state index contributed by atoms with van der Waals surface area (Å²) in [7, 11) is 0. The van der Waals surface area contributed by atoms with Gasteiger partial charge in [-0.1, -0.05) is 6.08 Å². The first kappa shape index (κ1) is 9.01. The zero-order chi connectivity index (χ0) is 7.11. The molecule has 0 saturated carbocycles. The molecule has 0 aliphatic heterocycles. The van der Waals surface area contributed by atoms with Crippen LogP contribution < -0.4 is 0 Å². The summed E-state index contributed by atoms with van der Waals surface area (Å²) in [5, 5.41) is 17.0. The monoisotopic (exact) mass is 148 g/mol. The Labute approximate surface area is 59.6 Å². The highest BCUT2D eigenvalue weighted by Gasteiger charge is 2.02. The molecule has 3 heteroatoms. The van der Waals surface area contributed by atoms with E-state index in [9.17, 15) is 0 Å². The largest absolute Gasteiger partial charge is 0.395 e. The van der Waals surface area contributed by atoms with Gasteiger partial charge in [-0.25, -0.2) is 0 Å². The normalized spacial score (nSPS) is 10.1. The van der Waals surface area contributed by atoms with Crippen LogP contribution in [0.2, 0.25) is 0 Å². The number of aliphatic hydroxyl groups excluding tert-OH is 2. The van der Waals surface area contributed by atoms with Crippen LogP contribution in [0.3, 0.4) is 0 Å². The molecular formula is C6H12O2S. The van der Waals surface area contributed by atoms with Gasteiger partial charge in [0.25, 0.3) is 0 Å². The predicted octanol–water partition coefficient (Wildman–Crippen LogP) is 0.259. The van der Waals surface area contributed by atoms with E-state index in [2.05, 4.69) is 6.58 Å². The van der Waals surface area contributed by atoms with Crippen molar-refractivity contribution in [2.75, 3.05) is 19.0 Å². The fourth-order valence-electron chi connectivity index (χ4n) is 0.367. The van der Waals surface area contributed by atoms with Crippen molar-refractivity contribution in [1.82, 2.24) is 0 Å². The van der Waals surface area contributed by atoms with Crippen LogP contribution in [-0.4, -0.2) is 34.4 Å². The third-order valence-corrected chi connectivity index (χ3v) is 2.05. The summed E-state index contributed by atoms with van der Waals surface area (Å²) in [6.45, 7) is 3.59. The molecule has 0 aromatic heterocycles. The maximum atomic E-state index is 8.54. The third kappa shape index (κ3) is 4.51. The Balaban J connectivity index is 3.19. The van der Waals surface area contributed by atoms with E-state index >= 15 is 0 Å². The molecule has 2 N–H and O–H groups in total. The van der Waals surface area contributed by atoms with E-state index in [0.717, 1.165) is 5.75 Å². The van der Waals surface area contributed by atoms with E-state index in [1.807, 2.05) is 0 Å². The van der Waals surface area contributed by atoms with Crippen LogP contribution in [-0.2, 0) is 0 Å². The van der Waals surface area contributed by atoms with Gasteiger partial charge in [-0.15, -0.1) is 18.3 Å². The van der Waals surface area contributed by atoms with Crippen LogP contribution in [0.4, 0.5) is 0 Å². The van der Waals surface area contributed by atoms with Crippen molar-refractivity contribution in [2.45, 2.75) is 5.25 Å². The topological polar surface area (TPSA) is 40.5 Å². The quantitative estimate of drug-likeness (QED) is 0.549. The van der Waals surface area contributed by atoms with Gasteiger partial charge < -0.3 is 10.2 Å². The molecular weight excluding hydrogens is 136 g/mol. The fourth-order valence-corrected chi connectivity index (χ4v) is 0.986. The molecule has 0 aliphatic rings. The van der Waals surface area contributed by atoms with Crippen molar-refractivity contribution in [3.63, 3.8) is 0 Å². The zero-order valence-electron chi connectivity index (χ0n) is 5.29. The minimum absolute atomic E-state index is 0.0367. The van der Waals surface area contributed by atoms with Gasteiger partial charge >= 0.3 is 0 Å². The lowest BCUT2D eigenvalue weighted by atomic mass is 10.5. The molecule has 0 rings (SSSR count). The average Bonchev–Trinajstić information content (AvgIpc) is 1.91. The van der Waals surface area contributed by atoms with Gasteiger partial charge in [0.2, 0.25) is 0 Å². The van der Waals surface area contributed by atoms with E-state index in [0.29, 0.717) is 0 Å². The van der Waals surface area contributed by atoms with Crippen molar-refractivity contribution in [2.24, 2.45) is 0 Å². The average molecular weight is 148 g/mol. The Morgan fingerprint density at radius 1 is 1.44 bits per heavy atom. The molecule has 9 heavy (non-hydrogen) atoms. The first-order chi connectivity index (χ1) is 4.35. The van der Waals surface area contributed by atoms with Crippen LogP contribution >= 0.6 is 11.8 Å². The third-order valence-electron chi connectivity index (χ3n) is 0.857. The van der Waals surface area contributed by atoms with E-state index in [4.69, 9.17) is 10.2 Å². The minimum atomic E-state index is -0.0389. The van der Waals surface area contributed by atoms with Gasteiger partial charge in [-0.2, -0.15) is 0 Å². The highest BCUT2D eigenvalue weighted by molar-refractivity contribution is 8.00. The first-order valence-electron chi connectivity index (χ1n) is 2.79. The number of thioether (sulfide) groups is 1. The van der Waals surface area contributed by atoms with Crippen molar-refractivity contribution in [3.05, 3.63) is 12.7 Å². The van der Waals surface area contributed by atoms with E-state index in [1.165, 1.54) is 11.8 Å². The predicted molar refractivity (Wildman–Crippen MR) is 40.6 cm³/mol. The van der Waals surface area contributed by atoms with Gasteiger partial charge in [-0.3, -0.25) is 0 Å². The van der Waals surface area contributed by atoms with Crippen molar-refractivity contribution in [1.29, 1.82) is 0 Å². The molecule has 0 spiro atoms. The Kier molecular flexibility index (Phi) is 6.14. The summed E-state index contributed by atoms with van der Waals surface area (Å²) in [5.74, 6) is 0.784. The summed E-state index contributed by atoms with van der Waals surface area (Å²) in [4.78, 5) is 0. The molecule has 0 aromatic carbocycles. The molecule has 0 saturated heterocycles. The van der Waals surface area contributed by atoms with E-state index in [1.54, 1.807) is 6.08 Å². The maximum Gasteiger partial charge on any atom is 0.0572 e. The molecule has 0 heterocycles. The molecule has 0 atom stereocenters. The highest BCUT2D eigenvalue weighted by Crippen LogP contribution is 2.08. The summed E-state index contributed by atoms with van der Waals surface area (Å²) < 4.78 is 0. The van der Waals surface area contributed by atoms with Crippen LogP contribution in [0.25, 0.3) is 0 Å². The molecule has 0 amide bonds. The SMILES string of the molecule is C=CCSC(CO)CO. The van der Waals surface area contributed by atoms with Crippen molar-refractivity contribution >= 4 is 11.8 Å². The van der Waals surface area contributed by atoms with Crippen molar-refractivity contribution < 1.29 is 10.2 Å². The van der Waals surface area contributed by atoms with Crippen LogP contribution in [0.15, 0.2) is 12.7 Å². The first-order valence-corrected chi connectivity index (χ1v) is 3.84. The van der Waals surface area contributed by atoms with Gasteiger partial charge in [-0.05, 0) is 0 Å². The maximum absolute atomic E-state index is 8.54. The molecule has 0 bridgehead atoms. The molecule has 54 valence electrons. The van der Waals surface area contributed by atoms with Crippen LogP contribution in [0.1, 0.15) is 0 Å². The van der Waals surface area contributed by atoms with Crippen LogP contribution in [0.5, 0.6) is 0 Å². The Morgan fingerprint density at radius 3 is 2.33 bits per heavy atom. The second kappa shape index (κ2) is 6.13. The molecule has 0 aromatic rings. The second-order valence-electron chi connectivity index (χ2n) is 1.61. The summed E-state index contributed by atoms with van der Waals surface area (Å²) in [6, 6.07) is 0. The Hall–Kier alpha value is 0.01000. The lowest BCUT2D eigenvalue weighted by Crippen LogP contribution is -2.13. The lowest BCUT2D eigenvalue weighted by molar-refractivity contribution is 0.228. The lowest BCUT2D eigenvalue weighted by Gasteiger charge is -2.06. The molecule has 0 aliphatic carbocycles. The van der Waals surface area contributed by atoms with Gasteiger partial charge in [0, 0.05) is 5.75 Å². The zero-order valence-corrected chi connectivity index (χ0v) is 6.10. The molecule has 0 radical (unpaired) electrons. The van der Waals surface area contributed by atoms with Gasteiger partial charge in [0.05, 0.1) is 18.5 Å². The fraction of sp³-hybridized carbons (Fsp3) is 0.667. The van der Waals surface area contributed by atoms with Crippen LogP contribution in [0, 0.1) is 0 Å². The Bertz CT molecular complexity index is 71.5. The van der Waals surface area contributed by atoms with E-state index in [-0.39, 0.29) is 18.5 Å². The molecule has 0 unspecified atom stereocenters. The van der Waals surface area contributed by atoms with Gasteiger partial charge in [0.1, 0.15) is 0 Å². The minimum Gasteiger partial charge on any atom is -0.395 e. The highest BCUT2D eigenvalue weighted by atomic mass is 32.2. The summed E-state index contributed by atoms with van der Waals surface area (Å²) in [6.07, 6.45) is 1.75. The van der Waals surface area contributed by atoms with Gasteiger partial charge in [0.15, 0.2) is 0 Å². The number of hydrogen-bond acceptors (Lipinski definition) is 3. The van der Waals surface area contributed by atoms with Crippen molar-refractivity contribution in [3.8, 4) is 0 Å². The standard InChI is InChI=1S/C6H12O2S/c1-2-3-9-6(4-7)5-8/h2,6-8H,1,3-5H2. The van der Waals surface area contributed by atoms with E-state index < -0.39 is 0 Å².